The van der Waals surface area contributed by atoms with Crippen LogP contribution in [0, 0.1) is 5.82 Å². The number of nitrogen functional groups attached to an aromatic ring is 1. The van der Waals surface area contributed by atoms with E-state index < -0.39 is 0 Å². The van der Waals surface area contributed by atoms with Gasteiger partial charge in [0.15, 0.2) is 17.2 Å². The number of hydrogen-bond donors (Lipinski definition) is 1. The van der Waals surface area contributed by atoms with Crippen LogP contribution >= 0.6 is 0 Å². The molecule has 0 aliphatic heterocycles. The Morgan fingerprint density at radius 1 is 1.07 bits per heavy atom. The highest BCUT2D eigenvalue weighted by molar-refractivity contribution is 6.01. The van der Waals surface area contributed by atoms with E-state index in [0.717, 1.165) is 28.8 Å². The van der Waals surface area contributed by atoms with E-state index in [2.05, 4.69) is 9.97 Å². The van der Waals surface area contributed by atoms with Crippen molar-refractivity contribution in [1.82, 2.24) is 14.4 Å². The van der Waals surface area contributed by atoms with Gasteiger partial charge in [0, 0.05) is 35.5 Å². The lowest BCUT2D eigenvalue weighted by molar-refractivity contribution is 0.0994. The molecule has 0 fully saturated rings. The van der Waals surface area contributed by atoms with Crippen molar-refractivity contribution in [1.29, 1.82) is 0 Å². The van der Waals surface area contributed by atoms with Gasteiger partial charge in [-0.3, -0.25) is 9.20 Å². The van der Waals surface area contributed by atoms with Gasteiger partial charge in [0.05, 0.1) is 11.4 Å². The van der Waals surface area contributed by atoms with E-state index >= 15 is 0 Å². The number of nitrogens with two attached hydrogens (primary N) is 1. The number of carbonyl (C=O) groups excluding carboxylic acids is 1. The van der Waals surface area contributed by atoms with Gasteiger partial charge in [0.1, 0.15) is 5.82 Å². The SMILES string of the molecule is Nc1nc(-c2cccc(F)c2)c(-c2ccc3c(c2)CCC3=O)n2ccnc12. The minimum absolute atomic E-state index is 0.171. The third-order valence-corrected chi connectivity index (χ3v) is 4.97. The molecule has 2 aromatic heterocycles. The standard InChI is InChI=1S/C21H15FN4O/c22-15-3-1-2-13(11-15)18-19(26-9-8-24-21(26)20(23)25-18)14-4-6-16-12(10-14)5-7-17(16)27/h1-4,6,8-11H,5,7H2,(H2,23,25). The first-order valence-corrected chi connectivity index (χ1v) is 8.67. The average Bonchev–Trinajstić information content (AvgIpc) is 3.29. The zero-order valence-corrected chi connectivity index (χ0v) is 14.3. The summed E-state index contributed by atoms with van der Waals surface area (Å²) in [5, 5.41) is 0. The van der Waals surface area contributed by atoms with E-state index in [4.69, 9.17) is 5.73 Å². The van der Waals surface area contributed by atoms with Crippen molar-refractivity contribution in [2.45, 2.75) is 12.8 Å². The third-order valence-electron chi connectivity index (χ3n) is 4.97. The molecule has 132 valence electrons. The Morgan fingerprint density at radius 3 is 2.81 bits per heavy atom. The van der Waals surface area contributed by atoms with Gasteiger partial charge in [0.25, 0.3) is 0 Å². The summed E-state index contributed by atoms with van der Waals surface area (Å²) in [5.74, 6) is 0.105. The number of ketones is 1. The monoisotopic (exact) mass is 358 g/mol. The number of fused-ring (bicyclic) bond motifs is 2. The Morgan fingerprint density at radius 2 is 1.96 bits per heavy atom. The van der Waals surface area contributed by atoms with Crippen LogP contribution in [0.4, 0.5) is 10.2 Å². The number of benzene rings is 2. The van der Waals surface area contributed by atoms with Crippen LogP contribution in [0.3, 0.4) is 0 Å². The topological polar surface area (TPSA) is 73.3 Å². The molecule has 0 radical (unpaired) electrons. The lowest BCUT2D eigenvalue weighted by atomic mass is 10.00. The number of Topliss-reactive ketones (excluding diaryl/α,β-unsaturated/α-hetero) is 1. The van der Waals surface area contributed by atoms with Gasteiger partial charge in [-0.1, -0.05) is 24.3 Å². The largest absolute Gasteiger partial charge is 0.381 e. The molecule has 0 atom stereocenters. The maximum absolute atomic E-state index is 13.8. The summed E-state index contributed by atoms with van der Waals surface area (Å²) in [6, 6.07) is 12.0. The van der Waals surface area contributed by atoms with Gasteiger partial charge in [-0.15, -0.1) is 0 Å². The maximum Gasteiger partial charge on any atom is 0.180 e. The molecule has 0 saturated heterocycles. The van der Waals surface area contributed by atoms with Crippen molar-refractivity contribution in [2.24, 2.45) is 0 Å². The molecule has 27 heavy (non-hydrogen) atoms. The number of carbonyl (C=O) groups is 1. The minimum atomic E-state index is -0.343. The van der Waals surface area contributed by atoms with Crippen molar-refractivity contribution in [3.8, 4) is 22.5 Å². The van der Waals surface area contributed by atoms with E-state index in [1.165, 1.54) is 12.1 Å². The quantitative estimate of drug-likeness (QED) is 0.589. The second-order valence-electron chi connectivity index (χ2n) is 6.62. The molecule has 0 spiro atoms. The number of aromatic nitrogens is 3. The Balaban J connectivity index is 1.83. The number of nitrogens with zero attached hydrogens (tertiary/aromatic N) is 3. The Kier molecular flexibility index (Phi) is 3.33. The first-order chi connectivity index (χ1) is 13.1. The molecule has 1 aliphatic rings. The van der Waals surface area contributed by atoms with Crippen LogP contribution in [0.1, 0.15) is 22.3 Å². The molecule has 2 aromatic carbocycles. The fourth-order valence-electron chi connectivity index (χ4n) is 3.73. The smallest absolute Gasteiger partial charge is 0.180 e. The lowest BCUT2D eigenvalue weighted by Gasteiger charge is -2.14. The molecule has 0 saturated carbocycles. The van der Waals surface area contributed by atoms with Gasteiger partial charge in [0.2, 0.25) is 0 Å². The summed E-state index contributed by atoms with van der Waals surface area (Å²) in [6.07, 6.45) is 4.73. The summed E-state index contributed by atoms with van der Waals surface area (Å²) < 4.78 is 15.7. The molecule has 0 unspecified atom stereocenters. The van der Waals surface area contributed by atoms with Crippen molar-refractivity contribution < 1.29 is 9.18 Å². The van der Waals surface area contributed by atoms with Crippen LogP contribution in [0.2, 0.25) is 0 Å². The van der Waals surface area contributed by atoms with E-state index in [0.29, 0.717) is 23.3 Å². The first-order valence-electron chi connectivity index (χ1n) is 8.67. The van der Waals surface area contributed by atoms with Crippen LogP contribution in [0.5, 0.6) is 0 Å². The van der Waals surface area contributed by atoms with Crippen molar-refractivity contribution in [3.05, 3.63) is 71.8 Å². The zero-order chi connectivity index (χ0) is 18.5. The van der Waals surface area contributed by atoms with Crippen LogP contribution in [0.15, 0.2) is 54.9 Å². The Bertz CT molecular complexity index is 1230. The average molecular weight is 358 g/mol. The predicted octanol–water partition coefficient (Wildman–Crippen LogP) is 3.91. The normalized spacial score (nSPS) is 13.3. The number of rotatable bonds is 2. The number of halogens is 1. The third kappa shape index (κ3) is 2.41. The number of imidazole rings is 1. The number of hydrogen-bond acceptors (Lipinski definition) is 4. The molecule has 5 nitrogen and oxygen atoms in total. The minimum Gasteiger partial charge on any atom is -0.381 e. The Hall–Kier alpha value is -3.54. The van der Waals surface area contributed by atoms with Crippen LogP contribution in [-0.2, 0) is 6.42 Å². The van der Waals surface area contributed by atoms with Gasteiger partial charge >= 0.3 is 0 Å². The molecule has 0 bridgehead atoms. The van der Waals surface area contributed by atoms with E-state index in [1.807, 2.05) is 28.8 Å². The fourth-order valence-corrected chi connectivity index (χ4v) is 3.73. The van der Waals surface area contributed by atoms with Crippen LogP contribution in [-0.4, -0.2) is 20.2 Å². The van der Waals surface area contributed by atoms with Crippen molar-refractivity contribution in [3.63, 3.8) is 0 Å². The summed E-state index contributed by atoms with van der Waals surface area (Å²) in [6.45, 7) is 0. The highest BCUT2D eigenvalue weighted by atomic mass is 19.1. The van der Waals surface area contributed by atoms with Crippen molar-refractivity contribution >= 4 is 17.2 Å². The molecular weight excluding hydrogens is 343 g/mol. The maximum atomic E-state index is 13.8. The molecular formula is C21H15FN4O. The van der Waals surface area contributed by atoms with E-state index in [1.54, 1.807) is 18.3 Å². The van der Waals surface area contributed by atoms with Gasteiger partial charge in [-0.05, 0) is 30.2 Å². The summed E-state index contributed by atoms with van der Waals surface area (Å²) >= 11 is 0. The van der Waals surface area contributed by atoms with Crippen LogP contribution < -0.4 is 5.73 Å². The Labute approximate surface area is 154 Å². The zero-order valence-electron chi connectivity index (χ0n) is 14.3. The number of anilines is 1. The molecule has 4 aromatic rings. The second-order valence-corrected chi connectivity index (χ2v) is 6.62. The first kappa shape index (κ1) is 15.7. The summed E-state index contributed by atoms with van der Waals surface area (Å²) in [7, 11) is 0. The van der Waals surface area contributed by atoms with Crippen molar-refractivity contribution in [2.75, 3.05) is 5.73 Å². The second kappa shape index (κ2) is 5.74. The highest BCUT2D eigenvalue weighted by Crippen LogP contribution is 2.35. The lowest BCUT2D eigenvalue weighted by Crippen LogP contribution is -2.04. The summed E-state index contributed by atoms with van der Waals surface area (Å²) in [5.41, 5.74) is 11.3. The van der Waals surface area contributed by atoms with Gasteiger partial charge in [-0.2, -0.15) is 0 Å². The highest BCUT2D eigenvalue weighted by Gasteiger charge is 2.22. The van der Waals surface area contributed by atoms with E-state index in [-0.39, 0.29) is 17.4 Å². The van der Waals surface area contributed by atoms with Gasteiger partial charge in [-0.25, -0.2) is 14.4 Å². The molecule has 2 N–H and O–H groups in total. The molecule has 5 rings (SSSR count). The predicted molar refractivity (Wildman–Crippen MR) is 101 cm³/mol. The molecule has 0 amide bonds. The van der Waals surface area contributed by atoms with Gasteiger partial charge < -0.3 is 5.73 Å². The molecule has 6 heteroatoms. The molecule has 2 heterocycles. The van der Waals surface area contributed by atoms with E-state index in [9.17, 15) is 9.18 Å². The summed E-state index contributed by atoms with van der Waals surface area (Å²) in [4.78, 5) is 20.8. The molecule has 1 aliphatic carbocycles. The van der Waals surface area contributed by atoms with Crippen LogP contribution in [0.25, 0.3) is 28.2 Å². The fraction of sp³-hybridized carbons (Fsp3) is 0.0952. The number of aryl methyl sites for hydroxylation is 1.